The molecule has 0 saturated carbocycles. The standard InChI is InChI=1S/C24H35N5O/c1-5-25-24(26-17-10-18-29(6-2)22-11-8-7-9-12-22)27-19-20-13-15-21(16-14-20)23(30)28(3)4/h7-9,11-16H,5-6,10,17-19H2,1-4H3,(H2,25,26,27). The fraction of sp³-hybridized carbons (Fsp3) is 0.417. The summed E-state index contributed by atoms with van der Waals surface area (Å²) in [6.07, 6.45) is 1.02. The molecule has 0 radical (unpaired) electrons. The topological polar surface area (TPSA) is 60.0 Å². The van der Waals surface area contributed by atoms with Crippen LogP contribution in [0.3, 0.4) is 0 Å². The number of carbonyl (C=O) groups excluding carboxylic acids is 1. The molecule has 30 heavy (non-hydrogen) atoms. The smallest absolute Gasteiger partial charge is 0.253 e. The van der Waals surface area contributed by atoms with Gasteiger partial charge in [0.1, 0.15) is 0 Å². The zero-order valence-electron chi connectivity index (χ0n) is 18.7. The van der Waals surface area contributed by atoms with Crippen molar-refractivity contribution in [2.75, 3.05) is 45.2 Å². The van der Waals surface area contributed by atoms with Crippen molar-refractivity contribution in [1.29, 1.82) is 0 Å². The normalized spacial score (nSPS) is 11.1. The van der Waals surface area contributed by atoms with Crippen LogP contribution < -0.4 is 15.5 Å². The van der Waals surface area contributed by atoms with Crippen molar-refractivity contribution < 1.29 is 4.79 Å². The molecule has 0 unspecified atom stereocenters. The van der Waals surface area contributed by atoms with Crippen LogP contribution in [0, 0.1) is 0 Å². The number of hydrogen-bond acceptors (Lipinski definition) is 3. The molecular formula is C24H35N5O. The SMILES string of the molecule is CCNC(=NCc1ccc(C(=O)N(C)C)cc1)NCCCN(CC)c1ccccc1. The van der Waals surface area contributed by atoms with Gasteiger partial charge in [-0.25, -0.2) is 4.99 Å². The predicted octanol–water partition coefficient (Wildman–Crippen LogP) is 3.36. The number of aliphatic imine (C=N–C) groups is 1. The Labute approximate surface area is 181 Å². The summed E-state index contributed by atoms with van der Waals surface area (Å²) in [6.45, 7) is 8.46. The number of nitrogens with zero attached hydrogens (tertiary/aromatic N) is 3. The van der Waals surface area contributed by atoms with Crippen molar-refractivity contribution in [3.05, 3.63) is 65.7 Å². The molecule has 6 heteroatoms. The summed E-state index contributed by atoms with van der Waals surface area (Å²) in [5, 5.41) is 6.71. The molecule has 0 aliphatic carbocycles. The Morgan fingerprint density at radius 2 is 1.67 bits per heavy atom. The van der Waals surface area contributed by atoms with E-state index in [0.717, 1.165) is 44.1 Å². The number of amides is 1. The molecule has 6 nitrogen and oxygen atoms in total. The second kappa shape index (κ2) is 12.5. The van der Waals surface area contributed by atoms with Gasteiger partial charge in [0.25, 0.3) is 5.91 Å². The maximum atomic E-state index is 12.0. The van der Waals surface area contributed by atoms with E-state index in [0.29, 0.717) is 12.1 Å². The lowest BCUT2D eigenvalue weighted by Gasteiger charge is -2.23. The van der Waals surface area contributed by atoms with Crippen LogP contribution in [0.5, 0.6) is 0 Å². The number of guanidine groups is 1. The lowest BCUT2D eigenvalue weighted by molar-refractivity contribution is 0.0827. The maximum absolute atomic E-state index is 12.0. The largest absolute Gasteiger partial charge is 0.372 e. The van der Waals surface area contributed by atoms with Crippen molar-refractivity contribution in [2.24, 2.45) is 4.99 Å². The van der Waals surface area contributed by atoms with Gasteiger partial charge in [-0.15, -0.1) is 0 Å². The molecule has 162 valence electrons. The number of nitrogens with one attached hydrogen (secondary N) is 2. The zero-order valence-corrected chi connectivity index (χ0v) is 18.7. The number of anilines is 1. The van der Waals surface area contributed by atoms with Crippen LogP contribution in [0.25, 0.3) is 0 Å². The molecule has 0 bridgehead atoms. The molecule has 1 amide bonds. The van der Waals surface area contributed by atoms with Gasteiger partial charge in [-0.05, 0) is 50.1 Å². The van der Waals surface area contributed by atoms with Crippen LogP contribution in [0.1, 0.15) is 36.2 Å². The van der Waals surface area contributed by atoms with Gasteiger partial charge in [-0.2, -0.15) is 0 Å². The van der Waals surface area contributed by atoms with E-state index in [2.05, 4.69) is 58.6 Å². The number of hydrogen-bond donors (Lipinski definition) is 2. The van der Waals surface area contributed by atoms with Crippen LogP contribution in [-0.4, -0.2) is 57.0 Å². The van der Waals surface area contributed by atoms with E-state index in [1.165, 1.54) is 5.69 Å². The fourth-order valence-corrected chi connectivity index (χ4v) is 3.11. The van der Waals surface area contributed by atoms with E-state index in [1.54, 1.807) is 19.0 Å². The van der Waals surface area contributed by atoms with Crippen molar-refractivity contribution in [3.63, 3.8) is 0 Å². The summed E-state index contributed by atoms with van der Waals surface area (Å²) in [4.78, 5) is 20.6. The van der Waals surface area contributed by atoms with Crippen molar-refractivity contribution in [1.82, 2.24) is 15.5 Å². The van der Waals surface area contributed by atoms with Gasteiger partial charge >= 0.3 is 0 Å². The van der Waals surface area contributed by atoms with Crippen LogP contribution >= 0.6 is 0 Å². The molecule has 0 aliphatic heterocycles. The number of rotatable bonds is 10. The predicted molar refractivity (Wildman–Crippen MR) is 126 cm³/mol. The minimum absolute atomic E-state index is 0.0108. The first-order chi connectivity index (χ1) is 14.5. The van der Waals surface area contributed by atoms with Crippen LogP contribution in [0.4, 0.5) is 5.69 Å². The van der Waals surface area contributed by atoms with E-state index in [1.807, 2.05) is 30.3 Å². The molecule has 0 saturated heterocycles. The second-order valence-corrected chi connectivity index (χ2v) is 7.29. The lowest BCUT2D eigenvalue weighted by Crippen LogP contribution is -2.38. The molecule has 2 N–H and O–H groups in total. The van der Waals surface area contributed by atoms with E-state index in [4.69, 9.17) is 0 Å². The van der Waals surface area contributed by atoms with Crippen LogP contribution in [0.2, 0.25) is 0 Å². The van der Waals surface area contributed by atoms with E-state index >= 15 is 0 Å². The second-order valence-electron chi connectivity index (χ2n) is 7.29. The van der Waals surface area contributed by atoms with E-state index in [9.17, 15) is 4.79 Å². The molecule has 0 aliphatic rings. The van der Waals surface area contributed by atoms with Gasteiger partial charge in [0.15, 0.2) is 5.96 Å². The number of carbonyl (C=O) groups is 1. The van der Waals surface area contributed by atoms with E-state index in [-0.39, 0.29) is 5.91 Å². The van der Waals surface area contributed by atoms with Gasteiger partial charge in [0.05, 0.1) is 6.54 Å². The third-order valence-electron chi connectivity index (χ3n) is 4.77. The molecule has 2 aromatic carbocycles. The Morgan fingerprint density at radius 1 is 0.967 bits per heavy atom. The highest BCUT2D eigenvalue weighted by atomic mass is 16.2. The molecule has 0 aromatic heterocycles. The lowest BCUT2D eigenvalue weighted by atomic mass is 10.1. The highest BCUT2D eigenvalue weighted by Gasteiger charge is 2.07. The summed E-state index contributed by atoms with van der Waals surface area (Å²) in [5.41, 5.74) is 3.03. The third-order valence-corrected chi connectivity index (χ3v) is 4.77. The summed E-state index contributed by atoms with van der Waals surface area (Å²) < 4.78 is 0. The minimum Gasteiger partial charge on any atom is -0.372 e. The Hall–Kier alpha value is -3.02. The van der Waals surface area contributed by atoms with Crippen molar-refractivity contribution in [2.45, 2.75) is 26.8 Å². The third kappa shape index (κ3) is 7.43. The van der Waals surface area contributed by atoms with Crippen molar-refractivity contribution >= 4 is 17.6 Å². The van der Waals surface area contributed by atoms with Gasteiger partial charge < -0.3 is 20.4 Å². The first-order valence-corrected chi connectivity index (χ1v) is 10.7. The number of para-hydroxylation sites is 1. The van der Waals surface area contributed by atoms with Crippen LogP contribution in [0.15, 0.2) is 59.6 Å². The summed E-state index contributed by atoms with van der Waals surface area (Å²) >= 11 is 0. The molecule has 2 aromatic rings. The average molecular weight is 410 g/mol. The highest BCUT2D eigenvalue weighted by molar-refractivity contribution is 5.93. The quantitative estimate of drug-likeness (QED) is 0.359. The van der Waals surface area contributed by atoms with Crippen molar-refractivity contribution in [3.8, 4) is 0 Å². The molecular weight excluding hydrogens is 374 g/mol. The average Bonchev–Trinajstić information content (AvgIpc) is 2.77. The van der Waals surface area contributed by atoms with Crippen LogP contribution in [-0.2, 0) is 6.54 Å². The zero-order chi connectivity index (χ0) is 21.8. The maximum Gasteiger partial charge on any atom is 0.253 e. The summed E-state index contributed by atoms with van der Waals surface area (Å²) in [5.74, 6) is 0.824. The van der Waals surface area contributed by atoms with Gasteiger partial charge in [-0.3, -0.25) is 4.79 Å². The monoisotopic (exact) mass is 409 g/mol. The van der Waals surface area contributed by atoms with Gasteiger partial charge in [0.2, 0.25) is 0 Å². The molecule has 2 rings (SSSR count). The minimum atomic E-state index is 0.0108. The van der Waals surface area contributed by atoms with E-state index < -0.39 is 0 Å². The molecule has 0 heterocycles. The Kier molecular flexibility index (Phi) is 9.71. The Morgan fingerprint density at radius 3 is 2.27 bits per heavy atom. The van der Waals surface area contributed by atoms with Gasteiger partial charge in [-0.1, -0.05) is 30.3 Å². The summed E-state index contributed by atoms with van der Waals surface area (Å²) in [6, 6.07) is 18.1. The molecule has 0 fully saturated rings. The Balaban J connectivity index is 1.84. The molecule has 0 atom stereocenters. The fourth-order valence-electron chi connectivity index (χ4n) is 3.11. The first kappa shape index (κ1) is 23.3. The highest BCUT2D eigenvalue weighted by Crippen LogP contribution is 2.12. The first-order valence-electron chi connectivity index (χ1n) is 10.7. The van der Waals surface area contributed by atoms with Gasteiger partial charge in [0, 0.05) is 51.5 Å². The molecule has 0 spiro atoms. The summed E-state index contributed by atoms with van der Waals surface area (Å²) in [7, 11) is 3.52. The Bertz CT molecular complexity index is 787. The number of benzene rings is 2.